The molecular weight excluding hydrogens is 327 g/mol. The predicted molar refractivity (Wildman–Crippen MR) is 79.0 cm³/mol. The van der Waals surface area contributed by atoms with Crippen LogP contribution in [0.15, 0.2) is 34.7 Å². The number of fused-ring (bicyclic) bond motifs is 1. The van der Waals surface area contributed by atoms with Crippen molar-refractivity contribution in [3.8, 4) is 0 Å². The van der Waals surface area contributed by atoms with E-state index in [4.69, 9.17) is 39.2 Å². The lowest BCUT2D eigenvalue weighted by Gasteiger charge is -1.93. The van der Waals surface area contributed by atoms with Crippen molar-refractivity contribution < 1.29 is 9.21 Å². The number of carbonyl (C=O) groups is 1. The fourth-order valence-electron chi connectivity index (χ4n) is 1.77. The van der Waals surface area contributed by atoms with E-state index in [1.165, 1.54) is 6.07 Å². The molecule has 0 saturated carbocycles. The number of halogens is 3. The molecule has 0 amide bonds. The van der Waals surface area contributed by atoms with Crippen molar-refractivity contribution in [3.63, 3.8) is 0 Å². The summed E-state index contributed by atoms with van der Waals surface area (Å²) in [7, 11) is 0. The Morgan fingerprint density at radius 2 is 1.95 bits per heavy atom. The molecule has 3 aromatic rings. The van der Waals surface area contributed by atoms with Gasteiger partial charge in [0.1, 0.15) is 9.92 Å². The molecule has 0 N–H and O–H groups in total. The second-order valence-electron chi connectivity index (χ2n) is 3.83. The fraction of sp³-hybridized carbons (Fsp3) is 0. The van der Waals surface area contributed by atoms with E-state index in [9.17, 15) is 4.79 Å². The lowest BCUT2D eigenvalue weighted by atomic mass is 10.1. The molecule has 96 valence electrons. The Morgan fingerprint density at radius 3 is 2.58 bits per heavy atom. The molecule has 0 aliphatic rings. The van der Waals surface area contributed by atoms with Gasteiger partial charge in [-0.25, -0.2) is 0 Å². The van der Waals surface area contributed by atoms with Crippen LogP contribution in [-0.2, 0) is 0 Å². The molecule has 2 heterocycles. The summed E-state index contributed by atoms with van der Waals surface area (Å²) in [5.74, 6) is -0.111. The molecule has 0 aliphatic carbocycles. The smallest absolute Gasteiger partial charge is 0.230 e. The van der Waals surface area contributed by atoms with Gasteiger partial charge in [0.15, 0.2) is 5.76 Å². The minimum absolute atomic E-state index is 0.194. The predicted octanol–water partition coefficient (Wildman–Crippen LogP) is 5.69. The van der Waals surface area contributed by atoms with E-state index < -0.39 is 0 Å². The van der Waals surface area contributed by atoms with E-state index >= 15 is 0 Å². The van der Waals surface area contributed by atoms with Gasteiger partial charge in [-0.2, -0.15) is 0 Å². The summed E-state index contributed by atoms with van der Waals surface area (Å²) >= 11 is 19.0. The van der Waals surface area contributed by atoms with Crippen LogP contribution in [0.25, 0.3) is 11.0 Å². The van der Waals surface area contributed by atoms with Crippen LogP contribution in [0.1, 0.15) is 16.1 Å². The van der Waals surface area contributed by atoms with Gasteiger partial charge in [-0.1, -0.05) is 40.9 Å². The Bertz CT molecular complexity index is 788. The first kappa shape index (κ1) is 13.0. The van der Waals surface area contributed by atoms with Crippen LogP contribution < -0.4 is 0 Å². The first-order valence-corrected chi connectivity index (χ1v) is 7.19. The van der Waals surface area contributed by atoms with E-state index in [0.29, 0.717) is 30.2 Å². The molecule has 0 unspecified atom stereocenters. The second kappa shape index (κ2) is 4.84. The highest BCUT2D eigenvalue weighted by Crippen LogP contribution is 2.34. The molecule has 0 saturated heterocycles. The highest BCUT2D eigenvalue weighted by molar-refractivity contribution is 7.20. The Morgan fingerprint density at radius 1 is 1.16 bits per heavy atom. The van der Waals surface area contributed by atoms with Gasteiger partial charge in [-0.3, -0.25) is 4.79 Å². The standard InChI is InChI=1S/C13H5Cl3O2S/c14-8-2-1-3-9-6(8)4-10(18-9)12(17)7-5-11(15)19-13(7)16/h1-5H. The molecule has 0 radical (unpaired) electrons. The van der Waals surface area contributed by atoms with Crippen molar-refractivity contribution in [2.75, 3.05) is 0 Å². The van der Waals surface area contributed by atoms with Crippen molar-refractivity contribution >= 4 is 62.9 Å². The van der Waals surface area contributed by atoms with Gasteiger partial charge in [0.25, 0.3) is 0 Å². The Balaban J connectivity index is 2.12. The van der Waals surface area contributed by atoms with Crippen molar-refractivity contribution in [3.05, 3.63) is 55.4 Å². The molecule has 0 spiro atoms. The number of ketones is 1. The summed E-state index contributed by atoms with van der Waals surface area (Å²) in [5.41, 5.74) is 0.903. The lowest BCUT2D eigenvalue weighted by molar-refractivity contribution is 0.101. The SMILES string of the molecule is O=C(c1cc2c(Cl)cccc2o1)c1cc(Cl)sc1Cl. The molecule has 0 aliphatic heterocycles. The summed E-state index contributed by atoms with van der Waals surface area (Å²) in [6.07, 6.45) is 0. The summed E-state index contributed by atoms with van der Waals surface area (Å²) in [6, 6.07) is 8.40. The molecule has 2 nitrogen and oxygen atoms in total. The van der Waals surface area contributed by atoms with Crippen molar-refractivity contribution in [2.45, 2.75) is 0 Å². The normalized spacial score (nSPS) is 11.1. The van der Waals surface area contributed by atoms with E-state index in [1.807, 2.05) is 0 Å². The Labute approximate surface area is 127 Å². The maximum atomic E-state index is 12.3. The zero-order chi connectivity index (χ0) is 13.6. The van der Waals surface area contributed by atoms with Crippen LogP contribution in [-0.4, -0.2) is 5.78 Å². The zero-order valence-corrected chi connectivity index (χ0v) is 12.3. The number of thiophene rings is 1. The van der Waals surface area contributed by atoms with Crippen molar-refractivity contribution in [1.29, 1.82) is 0 Å². The quantitative estimate of drug-likeness (QED) is 0.565. The minimum atomic E-state index is -0.305. The van der Waals surface area contributed by atoms with Crippen LogP contribution in [0.4, 0.5) is 0 Å². The van der Waals surface area contributed by atoms with Crippen molar-refractivity contribution in [1.82, 2.24) is 0 Å². The van der Waals surface area contributed by atoms with Gasteiger partial charge in [0.05, 0.1) is 14.9 Å². The van der Waals surface area contributed by atoms with Crippen LogP contribution in [0.3, 0.4) is 0 Å². The Kier molecular flexibility index (Phi) is 3.31. The third-order valence-corrected chi connectivity index (χ3v) is 4.45. The molecule has 3 rings (SSSR count). The third-order valence-electron chi connectivity index (χ3n) is 2.63. The van der Waals surface area contributed by atoms with Crippen molar-refractivity contribution in [2.24, 2.45) is 0 Å². The van der Waals surface area contributed by atoms with Gasteiger partial charge in [0, 0.05) is 5.39 Å². The van der Waals surface area contributed by atoms with Crippen LogP contribution in [0.2, 0.25) is 13.7 Å². The largest absolute Gasteiger partial charge is 0.453 e. The molecular formula is C13H5Cl3O2S. The number of carbonyl (C=O) groups excluding carboxylic acids is 1. The first-order valence-electron chi connectivity index (χ1n) is 5.24. The van der Waals surface area contributed by atoms with Crippen LogP contribution >= 0.6 is 46.1 Å². The third kappa shape index (κ3) is 2.28. The summed E-state index contributed by atoms with van der Waals surface area (Å²) in [5, 5.41) is 1.24. The van der Waals surface area contributed by atoms with Gasteiger partial charge in [-0.05, 0) is 24.3 Å². The van der Waals surface area contributed by atoms with Crippen LogP contribution in [0.5, 0.6) is 0 Å². The number of hydrogen-bond acceptors (Lipinski definition) is 3. The van der Waals surface area contributed by atoms with E-state index in [1.54, 1.807) is 24.3 Å². The van der Waals surface area contributed by atoms with E-state index in [0.717, 1.165) is 11.3 Å². The van der Waals surface area contributed by atoms with Gasteiger partial charge >= 0.3 is 0 Å². The van der Waals surface area contributed by atoms with Gasteiger partial charge in [-0.15, -0.1) is 11.3 Å². The molecule has 0 fully saturated rings. The van der Waals surface area contributed by atoms with Crippen LogP contribution in [0, 0.1) is 0 Å². The molecule has 2 aromatic heterocycles. The zero-order valence-electron chi connectivity index (χ0n) is 9.25. The molecule has 0 bridgehead atoms. The summed E-state index contributed by atoms with van der Waals surface area (Å²) in [4.78, 5) is 12.3. The topological polar surface area (TPSA) is 30.2 Å². The van der Waals surface area contributed by atoms with Gasteiger partial charge < -0.3 is 4.42 Å². The minimum Gasteiger partial charge on any atom is -0.453 e. The highest BCUT2D eigenvalue weighted by atomic mass is 35.5. The maximum Gasteiger partial charge on any atom is 0.230 e. The number of hydrogen-bond donors (Lipinski definition) is 0. The highest BCUT2D eigenvalue weighted by Gasteiger charge is 2.20. The monoisotopic (exact) mass is 330 g/mol. The summed E-state index contributed by atoms with van der Waals surface area (Å²) in [6.45, 7) is 0. The lowest BCUT2D eigenvalue weighted by Crippen LogP contribution is -1.97. The summed E-state index contributed by atoms with van der Waals surface area (Å²) < 4.78 is 6.31. The average molecular weight is 332 g/mol. The Hall–Kier alpha value is -1.00. The first-order chi connectivity index (χ1) is 9.06. The van der Waals surface area contributed by atoms with E-state index in [2.05, 4.69) is 0 Å². The van der Waals surface area contributed by atoms with E-state index in [-0.39, 0.29) is 11.5 Å². The number of rotatable bonds is 2. The molecule has 0 atom stereocenters. The average Bonchev–Trinajstić information content (AvgIpc) is 2.93. The molecule has 1 aromatic carbocycles. The maximum absolute atomic E-state index is 12.3. The second-order valence-corrected chi connectivity index (χ2v) is 6.52. The molecule has 19 heavy (non-hydrogen) atoms. The van der Waals surface area contributed by atoms with Gasteiger partial charge in [0.2, 0.25) is 5.78 Å². The number of furan rings is 1. The fourth-order valence-corrected chi connectivity index (χ4v) is 3.44. The molecule has 6 heteroatoms. The number of benzene rings is 1.